The lowest BCUT2D eigenvalue weighted by Gasteiger charge is -2.61. The van der Waals surface area contributed by atoms with E-state index in [0.717, 1.165) is 25.7 Å². The third kappa shape index (κ3) is 2.69. The van der Waals surface area contributed by atoms with Crippen LogP contribution in [0.4, 0.5) is 0 Å². The average Bonchev–Trinajstić information content (AvgIpc) is 2.46. The van der Waals surface area contributed by atoms with Crippen LogP contribution in [0.3, 0.4) is 0 Å². The molecule has 0 aliphatic heterocycles. The number of fused-ring (bicyclic) bond motifs is 1. The van der Waals surface area contributed by atoms with E-state index in [0.29, 0.717) is 17.8 Å². The fourth-order valence-corrected chi connectivity index (χ4v) is 4.96. The van der Waals surface area contributed by atoms with Gasteiger partial charge < -0.3 is 10.2 Å². The summed E-state index contributed by atoms with van der Waals surface area (Å²) < 4.78 is 0. The van der Waals surface area contributed by atoms with Crippen LogP contribution in [0.15, 0.2) is 24.8 Å². The van der Waals surface area contributed by atoms with Gasteiger partial charge in [-0.05, 0) is 55.8 Å². The maximum atomic E-state index is 10.8. The Hall–Kier alpha value is -0.600. The highest BCUT2D eigenvalue weighted by molar-refractivity contribution is 5.15. The molecule has 2 aliphatic carbocycles. The summed E-state index contributed by atoms with van der Waals surface area (Å²) in [5, 5.41) is 21.1. The van der Waals surface area contributed by atoms with Crippen molar-refractivity contribution in [2.45, 2.75) is 72.0 Å². The molecule has 0 heterocycles. The van der Waals surface area contributed by atoms with Crippen LogP contribution < -0.4 is 0 Å². The Morgan fingerprint density at radius 1 is 1.36 bits per heavy atom. The van der Waals surface area contributed by atoms with Crippen LogP contribution in [-0.4, -0.2) is 21.9 Å². The predicted molar refractivity (Wildman–Crippen MR) is 92.5 cm³/mol. The Labute approximate surface area is 136 Å². The summed E-state index contributed by atoms with van der Waals surface area (Å²) in [6.07, 6.45) is 9.59. The van der Waals surface area contributed by atoms with E-state index in [1.165, 1.54) is 0 Å². The first-order valence-electron chi connectivity index (χ1n) is 8.78. The largest absolute Gasteiger partial charge is 0.393 e. The molecule has 0 saturated heterocycles. The van der Waals surface area contributed by atoms with E-state index in [1.807, 2.05) is 6.92 Å². The van der Waals surface area contributed by atoms with Crippen LogP contribution in [-0.2, 0) is 0 Å². The van der Waals surface area contributed by atoms with Crippen molar-refractivity contribution in [3.63, 3.8) is 0 Å². The number of aliphatic hydroxyl groups excluding tert-OH is 1. The maximum Gasteiger partial charge on any atom is 0.0797 e. The molecule has 22 heavy (non-hydrogen) atoms. The van der Waals surface area contributed by atoms with Gasteiger partial charge in [-0.15, -0.1) is 6.58 Å². The molecule has 0 aromatic rings. The van der Waals surface area contributed by atoms with Crippen LogP contribution >= 0.6 is 0 Å². The molecule has 0 aromatic heterocycles. The molecule has 2 aliphatic rings. The summed E-state index contributed by atoms with van der Waals surface area (Å²) in [6.45, 7) is 14.8. The van der Waals surface area contributed by atoms with E-state index >= 15 is 0 Å². The molecule has 0 bridgehead atoms. The molecule has 126 valence electrons. The lowest BCUT2D eigenvalue weighted by Crippen LogP contribution is -2.58. The van der Waals surface area contributed by atoms with Gasteiger partial charge in [-0.25, -0.2) is 0 Å². The molecule has 0 aromatic carbocycles. The normalized spacial score (nSPS) is 47.6. The zero-order valence-corrected chi connectivity index (χ0v) is 15.0. The second kappa shape index (κ2) is 5.79. The molecule has 1 saturated carbocycles. The summed E-state index contributed by atoms with van der Waals surface area (Å²) in [5.74, 6) is 1.31. The molecular formula is C20H34O2. The quantitative estimate of drug-likeness (QED) is 0.759. The molecular weight excluding hydrogens is 272 g/mol. The highest BCUT2D eigenvalue weighted by atomic mass is 16.3. The zero-order chi connectivity index (χ0) is 16.8. The molecule has 0 amide bonds. The van der Waals surface area contributed by atoms with E-state index in [4.69, 9.17) is 0 Å². The summed E-state index contributed by atoms with van der Waals surface area (Å²) in [7, 11) is 0. The third-order valence-electron chi connectivity index (χ3n) is 7.35. The minimum Gasteiger partial charge on any atom is -0.393 e. The van der Waals surface area contributed by atoms with E-state index in [2.05, 4.69) is 46.4 Å². The standard InChI is InChI=1S/C20H34O2/c1-7-18(4,22)11-12-19(5)15(3)13-17(21)20(6)14(2)9-8-10-16(19)20/h7-9,14-17,21-22H,1,10-13H2,2-6H3/t14-,15+,16-,17+,18+,19+,20-/m0/s1. The van der Waals surface area contributed by atoms with Crippen molar-refractivity contribution in [2.24, 2.45) is 28.6 Å². The Morgan fingerprint density at radius 3 is 2.59 bits per heavy atom. The molecule has 1 fully saturated rings. The number of aliphatic hydroxyl groups is 2. The highest BCUT2D eigenvalue weighted by Crippen LogP contribution is 2.61. The molecule has 2 rings (SSSR count). The van der Waals surface area contributed by atoms with Gasteiger partial charge in [0.25, 0.3) is 0 Å². The van der Waals surface area contributed by atoms with Gasteiger partial charge in [-0.2, -0.15) is 0 Å². The molecule has 0 radical (unpaired) electrons. The van der Waals surface area contributed by atoms with Gasteiger partial charge in [0, 0.05) is 5.41 Å². The molecule has 2 heteroatoms. The Bertz CT molecular complexity index is 453. The van der Waals surface area contributed by atoms with E-state index in [9.17, 15) is 10.2 Å². The van der Waals surface area contributed by atoms with Gasteiger partial charge >= 0.3 is 0 Å². The molecule has 0 unspecified atom stereocenters. The van der Waals surface area contributed by atoms with Gasteiger partial charge in [-0.3, -0.25) is 0 Å². The number of hydrogen-bond acceptors (Lipinski definition) is 2. The zero-order valence-electron chi connectivity index (χ0n) is 15.0. The number of allylic oxidation sites excluding steroid dienone is 2. The van der Waals surface area contributed by atoms with Crippen LogP contribution in [0, 0.1) is 28.6 Å². The van der Waals surface area contributed by atoms with Crippen molar-refractivity contribution in [1.82, 2.24) is 0 Å². The summed E-state index contributed by atoms with van der Waals surface area (Å²) >= 11 is 0. The third-order valence-corrected chi connectivity index (χ3v) is 7.35. The molecule has 7 atom stereocenters. The molecule has 2 nitrogen and oxygen atoms in total. The minimum absolute atomic E-state index is 0.0595. The smallest absolute Gasteiger partial charge is 0.0797 e. The lowest BCUT2D eigenvalue weighted by molar-refractivity contribution is -0.157. The van der Waals surface area contributed by atoms with Crippen LogP contribution in [0.5, 0.6) is 0 Å². The maximum absolute atomic E-state index is 10.8. The second-order valence-corrected chi connectivity index (χ2v) is 8.59. The van der Waals surface area contributed by atoms with E-state index < -0.39 is 5.60 Å². The molecule has 0 spiro atoms. The monoisotopic (exact) mass is 306 g/mol. The SMILES string of the molecule is C=C[C@@](C)(O)CC[C@]1(C)[C@H](C)C[C@@H](O)[C@@]2(C)[C@@H](C)C=CC[C@@H]12. The van der Waals surface area contributed by atoms with Crippen LogP contribution in [0.2, 0.25) is 0 Å². The highest BCUT2D eigenvalue weighted by Gasteiger charge is 2.58. The van der Waals surface area contributed by atoms with Crippen molar-refractivity contribution in [2.75, 3.05) is 0 Å². The fourth-order valence-electron chi connectivity index (χ4n) is 4.96. The topological polar surface area (TPSA) is 40.5 Å². The molecule has 2 N–H and O–H groups in total. The van der Waals surface area contributed by atoms with Gasteiger partial charge in [0.05, 0.1) is 11.7 Å². The van der Waals surface area contributed by atoms with Crippen LogP contribution in [0.1, 0.15) is 60.3 Å². The number of hydrogen-bond donors (Lipinski definition) is 2. The Morgan fingerprint density at radius 2 is 2.00 bits per heavy atom. The van der Waals surface area contributed by atoms with Gasteiger partial charge in [-0.1, -0.05) is 45.9 Å². The van der Waals surface area contributed by atoms with Crippen molar-refractivity contribution < 1.29 is 10.2 Å². The Balaban J connectivity index is 2.33. The van der Waals surface area contributed by atoms with E-state index in [-0.39, 0.29) is 16.9 Å². The predicted octanol–water partition coefficient (Wildman–Crippen LogP) is 4.33. The first kappa shape index (κ1) is 17.7. The van der Waals surface area contributed by atoms with Crippen molar-refractivity contribution in [1.29, 1.82) is 0 Å². The summed E-state index contributed by atoms with van der Waals surface area (Å²) in [5.41, 5.74) is -0.721. The second-order valence-electron chi connectivity index (χ2n) is 8.59. The van der Waals surface area contributed by atoms with Gasteiger partial charge in [0.2, 0.25) is 0 Å². The number of rotatable bonds is 4. The lowest BCUT2D eigenvalue weighted by atomic mass is 9.45. The van der Waals surface area contributed by atoms with Gasteiger partial charge in [0.1, 0.15) is 0 Å². The summed E-state index contributed by atoms with van der Waals surface area (Å²) in [6, 6.07) is 0. The Kier molecular flexibility index (Phi) is 4.68. The van der Waals surface area contributed by atoms with Crippen molar-refractivity contribution >= 4 is 0 Å². The van der Waals surface area contributed by atoms with Crippen molar-refractivity contribution in [3.8, 4) is 0 Å². The first-order chi connectivity index (χ1) is 10.1. The van der Waals surface area contributed by atoms with Crippen LogP contribution in [0.25, 0.3) is 0 Å². The fraction of sp³-hybridized carbons (Fsp3) is 0.800. The first-order valence-corrected chi connectivity index (χ1v) is 8.78. The van der Waals surface area contributed by atoms with Gasteiger partial charge in [0.15, 0.2) is 0 Å². The average molecular weight is 306 g/mol. The minimum atomic E-state index is -0.800. The van der Waals surface area contributed by atoms with Crippen molar-refractivity contribution in [3.05, 3.63) is 24.8 Å². The summed E-state index contributed by atoms with van der Waals surface area (Å²) in [4.78, 5) is 0. The van der Waals surface area contributed by atoms with E-state index in [1.54, 1.807) is 6.08 Å².